The van der Waals surface area contributed by atoms with Crippen molar-refractivity contribution >= 4 is 15.9 Å². The lowest BCUT2D eigenvalue weighted by Crippen LogP contribution is -2.34. The van der Waals surface area contributed by atoms with Gasteiger partial charge in [-0.2, -0.15) is 4.31 Å². The molecule has 2 N–H and O–H groups in total. The van der Waals surface area contributed by atoms with Gasteiger partial charge in [-0.3, -0.25) is 4.79 Å². The SMILES string of the molecule is CC(C)N(C)S(=O)(=O)c1cccc(C(=O)NCCC2CCCNC2)c1. The highest BCUT2D eigenvalue weighted by atomic mass is 32.2. The highest BCUT2D eigenvalue weighted by Gasteiger charge is 2.24. The molecule has 1 aliphatic rings. The molecule has 1 fully saturated rings. The summed E-state index contributed by atoms with van der Waals surface area (Å²) < 4.78 is 26.4. The molecule has 1 heterocycles. The van der Waals surface area contributed by atoms with E-state index in [0.29, 0.717) is 18.0 Å². The van der Waals surface area contributed by atoms with E-state index in [9.17, 15) is 13.2 Å². The van der Waals surface area contributed by atoms with Gasteiger partial charge in [0.15, 0.2) is 0 Å². The molecule has 0 saturated carbocycles. The standard InChI is InChI=1S/C18H29N3O3S/c1-14(2)21(3)25(23,24)17-8-4-7-16(12-17)18(22)20-11-9-15-6-5-10-19-13-15/h4,7-8,12,14-15,19H,5-6,9-11,13H2,1-3H3,(H,20,22). The van der Waals surface area contributed by atoms with Gasteiger partial charge in [-0.25, -0.2) is 8.42 Å². The van der Waals surface area contributed by atoms with Crippen LogP contribution in [0, 0.1) is 5.92 Å². The lowest BCUT2D eigenvalue weighted by atomic mass is 9.96. The van der Waals surface area contributed by atoms with Crippen LogP contribution in [-0.2, 0) is 10.0 Å². The quantitative estimate of drug-likeness (QED) is 0.771. The van der Waals surface area contributed by atoms with Crippen LogP contribution in [0.5, 0.6) is 0 Å². The van der Waals surface area contributed by atoms with Crippen LogP contribution in [-0.4, -0.2) is 51.4 Å². The summed E-state index contributed by atoms with van der Waals surface area (Å²) in [5.41, 5.74) is 0.375. The Bertz CT molecular complexity index is 683. The van der Waals surface area contributed by atoms with Crippen molar-refractivity contribution in [1.82, 2.24) is 14.9 Å². The Morgan fingerprint density at radius 1 is 1.40 bits per heavy atom. The van der Waals surface area contributed by atoms with Crippen LogP contribution in [0.1, 0.15) is 43.5 Å². The first kappa shape index (κ1) is 19.9. The second-order valence-corrected chi connectivity index (χ2v) is 8.90. The van der Waals surface area contributed by atoms with Crippen molar-refractivity contribution in [3.63, 3.8) is 0 Å². The molecule has 1 unspecified atom stereocenters. The number of rotatable bonds is 7. The van der Waals surface area contributed by atoms with E-state index in [-0.39, 0.29) is 16.8 Å². The molecule has 0 bridgehead atoms. The molecule has 1 atom stereocenters. The van der Waals surface area contributed by atoms with Crippen molar-refractivity contribution in [2.45, 2.75) is 44.0 Å². The lowest BCUT2D eigenvalue weighted by Gasteiger charge is -2.22. The fourth-order valence-corrected chi connectivity index (χ4v) is 4.32. The van der Waals surface area contributed by atoms with Crippen LogP contribution in [0.3, 0.4) is 0 Å². The first-order chi connectivity index (χ1) is 11.8. The number of amides is 1. The molecule has 0 radical (unpaired) electrons. The van der Waals surface area contributed by atoms with Crippen LogP contribution in [0.25, 0.3) is 0 Å². The Kier molecular flexibility index (Phi) is 6.98. The van der Waals surface area contributed by atoms with E-state index < -0.39 is 10.0 Å². The molecule has 7 heteroatoms. The summed E-state index contributed by atoms with van der Waals surface area (Å²) in [5, 5.41) is 6.27. The summed E-state index contributed by atoms with van der Waals surface area (Å²) in [4.78, 5) is 12.5. The average molecular weight is 368 g/mol. The zero-order valence-corrected chi connectivity index (χ0v) is 16.1. The highest BCUT2D eigenvalue weighted by Crippen LogP contribution is 2.18. The van der Waals surface area contributed by atoms with E-state index in [1.807, 2.05) is 13.8 Å². The van der Waals surface area contributed by atoms with Crippen molar-refractivity contribution in [3.8, 4) is 0 Å². The molecule has 2 rings (SSSR count). The first-order valence-electron chi connectivity index (χ1n) is 8.89. The number of hydrogen-bond donors (Lipinski definition) is 2. The predicted octanol–water partition coefficient (Wildman–Crippen LogP) is 1.84. The highest BCUT2D eigenvalue weighted by molar-refractivity contribution is 7.89. The van der Waals surface area contributed by atoms with Crippen molar-refractivity contribution < 1.29 is 13.2 Å². The summed E-state index contributed by atoms with van der Waals surface area (Å²) >= 11 is 0. The average Bonchev–Trinajstić information content (AvgIpc) is 2.61. The second kappa shape index (κ2) is 8.78. The third-order valence-electron chi connectivity index (χ3n) is 4.74. The Morgan fingerprint density at radius 2 is 2.16 bits per heavy atom. The van der Waals surface area contributed by atoms with E-state index in [1.54, 1.807) is 19.2 Å². The number of benzene rings is 1. The van der Waals surface area contributed by atoms with E-state index in [4.69, 9.17) is 0 Å². The molecule has 0 aliphatic carbocycles. The largest absolute Gasteiger partial charge is 0.352 e. The summed E-state index contributed by atoms with van der Waals surface area (Å²) in [6, 6.07) is 6.09. The minimum absolute atomic E-state index is 0.146. The maximum Gasteiger partial charge on any atom is 0.251 e. The van der Waals surface area contributed by atoms with Crippen LogP contribution in [0.2, 0.25) is 0 Å². The number of sulfonamides is 1. The molecule has 6 nitrogen and oxygen atoms in total. The molecule has 1 aliphatic heterocycles. The van der Waals surface area contributed by atoms with Gasteiger partial charge in [-0.1, -0.05) is 6.07 Å². The van der Waals surface area contributed by atoms with E-state index in [1.165, 1.54) is 29.3 Å². The first-order valence-corrected chi connectivity index (χ1v) is 10.3. The maximum atomic E-state index is 12.6. The number of nitrogens with one attached hydrogen (secondary N) is 2. The van der Waals surface area contributed by atoms with Gasteiger partial charge in [-0.05, 0) is 70.3 Å². The molecule has 1 aromatic carbocycles. The number of nitrogens with zero attached hydrogens (tertiary/aromatic N) is 1. The smallest absolute Gasteiger partial charge is 0.251 e. The normalized spacial score (nSPS) is 18.5. The molecule has 25 heavy (non-hydrogen) atoms. The summed E-state index contributed by atoms with van der Waals surface area (Å²) in [5.74, 6) is 0.369. The summed E-state index contributed by atoms with van der Waals surface area (Å²) in [7, 11) is -2.04. The van der Waals surface area contributed by atoms with E-state index in [2.05, 4.69) is 10.6 Å². The van der Waals surface area contributed by atoms with Crippen LogP contribution in [0.4, 0.5) is 0 Å². The number of piperidine rings is 1. The van der Waals surface area contributed by atoms with Crippen molar-refractivity contribution in [3.05, 3.63) is 29.8 Å². The van der Waals surface area contributed by atoms with Crippen LogP contribution >= 0.6 is 0 Å². The second-order valence-electron chi connectivity index (χ2n) is 6.90. The van der Waals surface area contributed by atoms with Gasteiger partial charge in [0.2, 0.25) is 10.0 Å². The molecule has 140 valence electrons. The molecule has 1 amide bonds. The molecule has 0 spiro atoms. The van der Waals surface area contributed by atoms with Gasteiger partial charge < -0.3 is 10.6 Å². The van der Waals surface area contributed by atoms with Gasteiger partial charge in [0.1, 0.15) is 0 Å². The fraction of sp³-hybridized carbons (Fsp3) is 0.611. The molecular formula is C18H29N3O3S. The fourth-order valence-electron chi connectivity index (χ4n) is 2.90. The monoisotopic (exact) mass is 367 g/mol. The maximum absolute atomic E-state index is 12.6. The molecule has 1 saturated heterocycles. The van der Waals surface area contributed by atoms with Crippen molar-refractivity contribution in [2.24, 2.45) is 5.92 Å². The zero-order valence-electron chi connectivity index (χ0n) is 15.3. The van der Waals surface area contributed by atoms with E-state index in [0.717, 1.165) is 19.5 Å². The Morgan fingerprint density at radius 3 is 2.80 bits per heavy atom. The van der Waals surface area contributed by atoms with E-state index >= 15 is 0 Å². The Labute approximate surface area is 151 Å². The lowest BCUT2D eigenvalue weighted by molar-refractivity contribution is 0.0950. The Balaban J connectivity index is 1.99. The molecular weight excluding hydrogens is 338 g/mol. The van der Waals surface area contributed by atoms with Gasteiger partial charge >= 0.3 is 0 Å². The van der Waals surface area contributed by atoms with Crippen molar-refractivity contribution in [1.29, 1.82) is 0 Å². The zero-order chi connectivity index (χ0) is 18.4. The van der Waals surface area contributed by atoms with Gasteiger partial charge in [0, 0.05) is 25.2 Å². The predicted molar refractivity (Wildman–Crippen MR) is 99.1 cm³/mol. The van der Waals surface area contributed by atoms with Crippen LogP contribution in [0.15, 0.2) is 29.2 Å². The summed E-state index contributed by atoms with van der Waals surface area (Å²) in [6.07, 6.45) is 3.31. The third-order valence-corrected chi connectivity index (χ3v) is 6.77. The van der Waals surface area contributed by atoms with Gasteiger partial charge in [0.05, 0.1) is 4.90 Å². The number of hydrogen-bond acceptors (Lipinski definition) is 4. The Hall–Kier alpha value is -1.44. The molecule has 1 aromatic rings. The minimum Gasteiger partial charge on any atom is -0.352 e. The number of carbonyl (C=O) groups excluding carboxylic acids is 1. The van der Waals surface area contributed by atoms with Crippen molar-refractivity contribution in [2.75, 3.05) is 26.7 Å². The van der Waals surface area contributed by atoms with Gasteiger partial charge in [-0.15, -0.1) is 0 Å². The number of carbonyl (C=O) groups is 1. The van der Waals surface area contributed by atoms with Crippen LogP contribution < -0.4 is 10.6 Å². The topological polar surface area (TPSA) is 78.5 Å². The minimum atomic E-state index is -3.59. The van der Waals surface area contributed by atoms with Gasteiger partial charge in [0.25, 0.3) is 5.91 Å². The third kappa shape index (κ3) is 5.26. The molecule has 0 aromatic heterocycles. The summed E-state index contributed by atoms with van der Waals surface area (Å²) in [6.45, 7) is 6.32.